The van der Waals surface area contributed by atoms with Crippen molar-refractivity contribution < 1.29 is 28.0 Å². The Kier molecular flexibility index (Phi) is 10.7. The summed E-state index contributed by atoms with van der Waals surface area (Å²) in [6, 6.07) is 13.9. The zero-order valence-corrected chi connectivity index (χ0v) is 33.9. The molecule has 3 aliphatic rings. The normalized spacial score (nSPS) is 17.8. The van der Waals surface area contributed by atoms with Crippen molar-refractivity contribution >= 4 is 56.8 Å². The lowest BCUT2D eigenvalue weighted by molar-refractivity contribution is -0.135. The van der Waals surface area contributed by atoms with E-state index in [0.29, 0.717) is 65.1 Å². The number of halogens is 2. The van der Waals surface area contributed by atoms with Crippen LogP contribution in [0.2, 0.25) is 0 Å². The highest BCUT2D eigenvalue weighted by Crippen LogP contribution is 2.38. The van der Waals surface area contributed by atoms with Gasteiger partial charge in [0.05, 0.1) is 16.6 Å². The number of nitrogens with zero attached hydrogens (tertiary/aromatic N) is 5. The fourth-order valence-corrected chi connectivity index (χ4v) is 9.19. The maximum Gasteiger partial charge on any atom is 0.329 e. The van der Waals surface area contributed by atoms with E-state index in [1.54, 1.807) is 38.2 Å². The van der Waals surface area contributed by atoms with Crippen LogP contribution in [0, 0.1) is 17.6 Å². The molecule has 2 N–H and O–H groups in total. The molecule has 2 fully saturated rings. The number of rotatable bonds is 9. The number of carbonyl (C=O) groups excluding carboxylic acids is 4. The summed E-state index contributed by atoms with van der Waals surface area (Å²) in [5.74, 6) is -1.58. The van der Waals surface area contributed by atoms with E-state index in [2.05, 4.69) is 27.3 Å². The van der Waals surface area contributed by atoms with Crippen LogP contribution in [-0.4, -0.2) is 87.8 Å². The predicted octanol–water partition coefficient (Wildman–Crippen LogP) is 6.32. The van der Waals surface area contributed by atoms with Crippen LogP contribution >= 0.6 is 0 Å². The second kappa shape index (κ2) is 16.0. The lowest BCUT2D eigenvalue weighted by Crippen LogP contribution is -2.44. The molecule has 4 amide bonds. The van der Waals surface area contributed by atoms with Crippen LogP contribution in [0.4, 0.5) is 14.5 Å². The second-order valence-corrected chi connectivity index (χ2v) is 16.4. The number of nitrogens with one attached hydrogen (secondary N) is 2. The Morgan fingerprint density at radius 1 is 0.932 bits per heavy atom. The Hall–Kier alpha value is -6.05. The van der Waals surface area contributed by atoms with Crippen molar-refractivity contribution in [1.82, 2.24) is 29.2 Å². The monoisotopic (exact) mass is 805 g/mol. The van der Waals surface area contributed by atoms with E-state index in [-0.39, 0.29) is 41.9 Å². The van der Waals surface area contributed by atoms with Gasteiger partial charge < -0.3 is 19.7 Å². The summed E-state index contributed by atoms with van der Waals surface area (Å²) in [4.78, 5) is 71.5. The van der Waals surface area contributed by atoms with Crippen molar-refractivity contribution in [3.05, 3.63) is 93.5 Å². The summed E-state index contributed by atoms with van der Waals surface area (Å²) in [5, 5.41) is 2.93. The van der Waals surface area contributed by atoms with Crippen LogP contribution in [0.5, 0.6) is 0 Å². The van der Waals surface area contributed by atoms with Gasteiger partial charge in [0.15, 0.2) is 5.82 Å². The van der Waals surface area contributed by atoms with Gasteiger partial charge in [-0.3, -0.25) is 33.6 Å². The first-order valence-corrected chi connectivity index (χ1v) is 20.4. The van der Waals surface area contributed by atoms with Gasteiger partial charge in [-0.2, -0.15) is 0 Å². The number of aromatic amines is 1. The maximum atomic E-state index is 16.3. The third-order valence-electron chi connectivity index (χ3n) is 12.4. The molecule has 0 radical (unpaired) electrons. The number of hydrogen-bond donors (Lipinski definition) is 2. The molecule has 3 aromatic carbocycles. The number of anilines is 1. The van der Waals surface area contributed by atoms with Crippen LogP contribution in [0.25, 0.3) is 38.6 Å². The number of amides is 4. The van der Waals surface area contributed by atoms with E-state index in [9.17, 15) is 24.0 Å². The number of imidazole rings is 1. The van der Waals surface area contributed by atoms with Gasteiger partial charge in [-0.1, -0.05) is 18.2 Å². The summed E-state index contributed by atoms with van der Waals surface area (Å²) in [6.45, 7) is 4.13. The average molecular weight is 806 g/mol. The fourth-order valence-electron chi connectivity index (χ4n) is 9.19. The third kappa shape index (κ3) is 7.44. The lowest BCUT2D eigenvalue weighted by atomic mass is 9.90. The number of aromatic nitrogens is 3. The maximum absolute atomic E-state index is 16.3. The molecule has 1 atom stereocenters. The van der Waals surface area contributed by atoms with Gasteiger partial charge in [-0.15, -0.1) is 0 Å². The molecule has 2 saturated heterocycles. The molecule has 8 rings (SSSR count). The number of fused-ring (bicyclic) bond motifs is 2. The molecule has 3 aliphatic heterocycles. The molecular weight excluding hydrogens is 757 g/mol. The van der Waals surface area contributed by atoms with Gasteiger partial charge >= 0.3 is 5.69 Å². The summed E-state index contributed by atoms with van der Waals surface area (Å²) in [6.07, 6.45) is 7.01. The number of piperidine rings is 2. The molecule has 2 aromatic heterocycles. The molecule has 308 valence electrons. The molecule has 5 aromatic rings. The number of carbonyl (C=O) groups is 4. The molecule has 59 heavy (non-hydrogen) atoms. The topological polar surface area (TPSA) is 133 Å². The highest BCUT2D eigenvalue weighted by molar-refractivity contribution is 6.05. The molecule has 5 heterocycles. The van der Waals surface area contributed by atoms with Crippen molar-refractivity contribution in [2.45, 2.75) is 64.3 Å². The zero-order chi connectivity index (χ0) is 41.7. The number of hydrogen-bond acceptors (Lipinski definition) is 6. The summed E-state index contributed by atoms with van der Waals surface area (Å²) in [5.41, 5.74) is 5.46. The highest BCUT2D eigenvalue weighted by Gasteiger charge is 2.32. The number of H-pyrrole nitrogens is 1. The van der Waals surface area contributed by atoms with Crippen molar-refractivity contribution in [2.24, 2.45) is 13.0 Å². The second-order valence-electron chi connectivity index (χ2n) is 16.4. The van der Waals surface area contributed by atoms with Gasteiger partial charge in [0, 0.05) is 82.9 Å². The van der Waals surface area contributed by atoms with Gasteiger partial charge in [0.1, 0.15) is 17.6 Å². The van der Waals surface area contributed by atoms with E-state index < -0.39 is 23.5 Å². The summed E-state index contributed by atoms with van der Waals surface area (Å²) in [7, 11) is 4.91. The summed E-state index contributed by atoms with van der Waals surface area (Å²) < 4.78 is 34.5. The van der Waals surface area contributed by atoms with Crippen molar-refractivity contribution in [2.75, 3.05) is 45.2 Å². The standard InChI is InChI=1S/C45H49F2N7O5/c1-26(55)53-20-6-8-29(25-53)33-23-32(34-24-36(44(58)50(2)3)48-41(34)40(33)47)28-10-12-30(13-11-28)52-21-18-27(19-22-52)7-5-9-31-35(46)14-15-37-42(31)51(4)45(59)54(37)38-16-17-39(56)49-43(38)57/h8,10-15,23-24,27,38,48H,5-7,9,16-22,25H2,1-4H3,(H,49,56,57). The van der Waals surface area contributed by atoms with E-state index >= 15 is 8.78 Å². The summed E-state index contributed by atoms with van der Waals surface area (Å²) >= 11 is 0. The third-order valence-corrected chi connectivity index (χ3v) is 12.4. The highest BCUT2D eigenvalue weighted by atomic mass is 19.1. The van der Waals surface area contributed by atoms with Crippen LogP contribution < -0.4 is 15.9 Å². The Labute approximate surface area is 340 Å². The SMILES string of the molecule is CC(=O)N1CCC=C(c2cc(-c3ccc(N4CCC(CCCc5c(F)ccc6c5n(C)c(=O)n6C5CCC(=O)NC5=O)CC4)cc3)c3cc(C(=O)N(C)C)[nH]c3c2F)C1. The molecule has 0 saturated carbocycles. The van der Waals surface area contributed by atoms with E-state index in [1.165, 1.54) is 27.0 Å². The molecule has 12 nitrogen and oxygen atoms in total. The largest absolute Gasteiger partial charge is 0.372 e. The molecule has 0 aliphatic carbocycles. The van der Waals surface area contributed by atoms with Crippen LogP contribution in [-0.2, 0) is 27.9 Å². The smallest absolute Gasteiger partial charge is 0.329 e. The Morgan fingerprint density at radius 3 is 2.37 bits per heavy atom. The van der Waals surface area contributed by atoms with Crippen LogP contribution in [0.15, 0.2) is 59.4 Å². The molecule has 0 spiro atoms. The first kappa shape index (κ1) is 39.8. The Morgan fingerprint density at radius 2 is 1.68 bits per heavy atom. The van der Waals surface area contributed by atoms with Crippen LogP contribution in [0.3, 0.4) is 0 Å². The van der Waals surface area contributed by atoms with Crippen molar-refractivity contribution in [3.8, 4) is 11.1 Å². The van der Waals surface area contributed by atoms with Gasteiger partial charge in [-0.25, -0.2) is 13.6 Å². The quantitative estimate of drug-likeness (QED) is 0.168. The average Bonchev–Trinajstić information content (AvgIpc) is 3.78. The lowest BCUT2D eigenvalue weighted by Gasteiger charge is -2.34. The Bertz CT molecular complexity index is 2590. The fraction of sp³-hybridized carbons (Fsp3) is 0.400. The number of benzene rings is 3. The predicted molar refractivity (Wildman–Crippen MR) is 223 cm³/mol. The van der Waals surface area contributed by atoms with Crippen molar-refractivity contribution in [3.63, 3.8) is 0 Å². The molecule has 14 heteroatoms. The first-order chi connectivity index (χ1) is 28.3. The van der Waals surface area contributed by atoms with Gasteiger partial charge in [0.25, 0.3) is 5.91 Å². The molecular formula is C45H49F2N7O5. The number of imide groups is 1. The van der Waals surface area contributed by atoms with E-state index in [1.807, 2.05) is 24.3 Å². The van der Waals surface area contributed by atoms with Gasteiger partial charge in [0.2, 0.25) is 17.7 Å². The van der Waals surface area contributed by atoms with Crippen LogP contribution in [0.1, 0.15) is 79.5 Å². The minimum atomic E-state index is -0.826. The van der Waals surface area contributed by atoms with Crippen molar-refractivity contribution in [1.29, 1.82) is 0 Å². The van der Waals surface area contributed by atoms with Gasteiger partial charge in [-0.05, 0) is 104 Å². The molecule has 1 unspecified atom stereocenters. The van der Waals surface area contributed by atoms with E-state index in [4.69, 9.17) is 0 Å². The Balaban J connectivity index is 0.958. The zero-order valence-electron chi connectivity index (χ0n) is 33.9. The molecule has 0 bridgehead atoms. The van der Waals surface area contributed by atoms with E-state index in [0.717, 1.165) is 61.2 Å². The number of aryl methyl sites for hydroxylation is 2. The first-order valence-electron chi connectivity index (χ1n) is 20.4. The minimum absolute atomic E-state index is 0.0607. The minimum Gasteiger partial charge on any atom is -0.372 e.